The van der Waals surface area contributed by atoms with E-state index in [1.807, 2.05) is 0 Å². The van der Waals surface area contributed by atoms with Crippen molar-refractivity contribution in [1.82, 2.24) is 4.98 Å². The van der Waals surface area contributed by atoms with Gasteiger partial charge in [-0.1, -0.05) is 6.07 Å². The van der Waals surface area contributed by atoms with Crippen LogP contribution >= 0.6 is 11.3 Å². The first-order valence-corrected chi connectivity index (χ1v) is 6.64. The fourth-order valence-electron chi connectivity index (χ4n) is 1.54. The van der Waals surface area contributed by atoms with Crippen molar-refractivity contribution in [1.29, 1.82) is 0 Å². The van der Waals surface area contributed by atoms with Gasteiger partial charge < -0.3 is 10.1 Å². The number of aromatic nitrogens is 1. The number of benzene rings is 1. The van der Waals surface area contributed by atoms with Crippen molar-refractivity contribution < 1.29 is 13.9 Å². The van der Waals surface area contributed by atoms with E-state index in [0.717, 1.165) is 0 Å². The van der Waals surface area contributed by atoms with Crippen LogP contribution in [0.4, 0.5) is 15.1 Å². The zero-order chi connectivity index (χ0) is 13.8. The van der Waals surface area contributed by atoms with E-state index in [1.165, 1.54) is 17.4 Å². The number of carbonyl (C=O) groups is 1. The molecule has 0 atom stereocenters. The van der Waals surface area contributed by atoms with Gasteiger partial charge in [-0.05, 0) is 26.0 Å². The zero-order valence-electron chi connectivity index (χ0n) is 10.6. The van der Waals surface area contributed by atoms with E-state index >= 15 is 0 Å². The lowest BCUT2D eigenvalue weighted by molar-refractivity contribution is 0.0521. The lowest BCUT2D eigenvalue weighted by Crippen LogP contribution is -2.07. The minimum Gasteiger partial charge on any atom is -0.461 e. The topological polar surface area (TPSA) is 51.2 Å². The lowest BCUT2D eigenvalue weighted by Gasteiger charge is -2.09. The van der Waals surface area contributed by atoms with Crippen molar-refractivity contribution in [3.05, 3.63) is 40.8 Å². The van der Waals surface area contributed by atoms with E-state index in [9.17, 15) is 9.18 Å². The number of hydrogen-bond acceptors (Lipinski definition) is 5. The third-order valence-electron chi connectivity index (χ3n) is 2.55. The summed E-state index contributed by atoms with van der Waals surface area (Å²) >= 11 is 1.27. The number of halogens is 1. The molecule has 4 nitrogen and oxygen atoms in total. The average Bonchev–Trinajstić information content (AvgIpc) is 2.83. The van der Waals surface area contributed by atoms with Gasteiger partial charge in [-0.2, -0.15) is 0 Å². The third-order valence-corrected chi connectivity index (χ3v) is 3.29. The largest absolute Gasteiger partial charge is 0.461 e. The second-order valence-corrected chi connectivity index (χ2v) is 4.64. The van der Waals surface area contributed by atoms with Crippen molar-refractivity contribution in [3.8, 4) is 0 Å². The molecule has 0 aliphatic heterocycles. The Hall–Kier alpha value is -1.95. The molecule has 1 N–H and O–H groups in total. The molecule has 0 aliphatic carbocycles. The minimum atomic E-state index is -0.486. The Morgan fingerprint density at radius 3 is 3.05 bits per heavy atom. The van der Waals surface area contributed by atoms with Crippen LogP contribution in [0.5, 0.6) is 0 Å². The molecule has 0 unspecified atom stereocenters. The van der Waals surface area contributed by atoms with Crippen molar-refractivity contribution in [2.75, 3.05) is 11.9 Å². The molecule has 0 saturated carbocycles. The molecule has 1 aromatic carbocycles. The molecular formula is C13H13FN2O2S. The fraction of sp³-hybridized carbons (Fsp3) is 0.231. The van der Waals surface area contributed by atoms with Crippen LogP contribution in [0.25, 0.3) is 0 Å². The van der Waals surface area contributed by atoms with Crippen molar-refractivity contribution >= 4 is 28.0 Å². The lowest BCUT2D eigenvalue weighted by atomic mass is 10.2. The molecule has 0 spiro atoms. The van der Waals surface area contributed by atoms with E-state index in [0.29, 0.717) is 16.3 Å². The van der Waals surface area contributed by atoms with E-state index in [-0.39, 0.29) is 18.1 Å². The molecule has 0 radical (unpaired) electrons. The molecule has 0 saturated heterocycles. The molecule has 0 aliphatic rings. The van der Waals surface area contributed by atoms with Gasteiger partial charge in [0.25, 0.3) is 0 Å². The maximum absolute atomic E-state index is 13.4. The highest BCUT2D eigenvalue weighted by atomic mass is 32.1. The highest BCUT2D eigenvalue weighted by molar-refractivity contribution is 7.14. The molecule has 19 heavy (non-hydrogen) atoms. The van der Waals surface area contributed by atoms with Crippen molar-refractivity contribution in [3.63, 3.8) is 0 Å². The number of hydrogen-bond donors (Lipinski definition) is 1. The molecule has 1 aromatic heterocycles. The maximum Gasteiger partial charge on any atom is 0.360 e. The molecule has 2 aromatic rings. The van der Waals surface area contributed by atoms with E-state index in [4.69, 9.17) is 4.74 Å². The second-order valence-electron chi connectivity index (χ2n) is 3.79. The first kappa shape index (κ1) is 13.5. The highest BCUT2D eigenvalue weighted by Crippen LogP contribution is 2.28. The Morgan fingerprint density at radius 2 is 2.32 bits per heavy atom. The first-order valence-electron chi connectivity index (χ1n) is 5.76. The first-order chi connectivity index (χ1) is 9.13. The number of ether oxygens (including phenoxy) is 1. The Kier molecular flexibility index (Phi) is 4.11. The quantitative estimate of drug-likeness (QED) is 0.871. The van der Waals surface area contributed by atoms with Crippen LogP contribution in [-0.2, 0) is 4.74 Å². The van der Waals surface area contributed by atoms with Crippen LogP contribution in [0, 0.1) is 12.7 Å². The summed E-state index contributed by atoms with van der Waals surface area (Å²) in [5, 5.41) is 3.56. The molecule has 1 heterocycles. The van der Waals surface area contributed by atoms with Crippen molar-refractivity contribution in [2.24, 2.45) is 0 Å². The fourth-order valence-corrected chi connectivity index (χ4v) is 2.22. The van der Waals surface area contributed by atoms with Crippen LogP contribution in [0.2, 0.25) is 0 Å². The third kappa shape index (κ3) is 2.90. The van der Waals surface area contributed by atoms with Crippen LogP contribution in [0.3, 0.4) is 0 Å². The number of nitrogens with one attached hydrogen (secondary N) is 1. The number of anilines is 2. The summed E-state index contributed by atoms with van der Waals surface area (Å²) in [5.74, 6) is -0.785. The molecule has 0 amide bonds. The Balaban J connectivity index is 2.27. The number of rotatable bonds is 4. The van der Waals surface area contributed by atoms with Gasteiger partial charge in [-0.25, -0.2) is 14.2 Å². The molecule has 0 fully saturated rings. The summed E-state index contributed by atoms with van der Waals surface area (Å²) in [5.41, 5.74) is 2.86. The van der Waals surface area contributed by atoms with E-state index < -0.39 is 5.97 Å². The van der Waals surface area contributed by atoms with Gasteiger partial charge in [0.1, 0.15) is 10.8 Å². The Bertz CT molecular complexity index is 598. The SMILES string of the molecule is CCOC(=O)c1ncsc1Nc1cccc(F)c1C. The summed E-state index contributed by atoms with van der Waals surface area (Å²) in [6.07, 6.45) is 0. The Morgan fingerprint density at radius 1 is 1.53 bits per heavy atom. The minimum absolute atomic E-state index is 0.218. The van der Waals surface area contributed by atoms with Gasteiger partial charge in [-0.15, -0.1) is 11.3 Å². The maximum atomic E-state index is 13.4. The second kappa shape index (κ2) is 5.79. The summed E-state index contributed by atoms with van der Waals surface area (Å²) in [7, 11) is 0. The smallest absolute Gasteiger partial charge is 0.360 e. The molecular weight excluding hydrogens is 267 g/mol. The van der Waals surface area contributed by atoms with Crippen LogP contribution < -0.4 is 5.32 Å². The van der Waals surface area contributed by atoms with Gasteiger partial charge in [0.2, 0.25) is 0 Å². The zero-order valence-corrected chi connectivity index (χ0v) is 11.4. The van der Waals surface area contributed by atoms with Gasteiger partial charge in [0, 0.05) is 11.3 Å². The van der Waals surface area contributed by atoms with Crippen LogP contribution in [-0.4, -0.2) is 17.6 Å². The summed E-state index contributed by atoms with van der Waals surface area (Å²) in [6.45, 7) is 3.69. The molecule has 0 bridgehead atoms. The van der Waals surface area contributed by atoms with E-state index in [1.54, 1.807) is 31.5 Å². The number of thiazole rings is 1. The van der Waals surface area contributed by atoms with Crippen molar-refractivity contribution in [2.45, 2.75) is 13.8 Å². The average molecular weight is 280 g/mol. The van der Waals surface area contributed by atoms with Crippen LogP contribution in [0.1, 0.15) is 23.0 Å². The van der Waals surface area contributed by atoms with Crippen LogP contribution in [0.15, 0.2) is 23.7 Å². The molecule has 2 rings (SSSR count). The standard InChI is InChI=1S/C13H13FN2O2S/c1-3-18-13(17)11-12(19-7-15-11)16-10-6-4-5-9(14)8(10)2/h4-7,16H,3H2,1-2H3. The normalized spacial score (nSPS) is 10.3. The highest BCUT2D eigenvalue weighted by Gasteiger charge is 2.17. The molecule has 100 valence electrons. The van der Waals surface area contributed by atoms with E-state index in [2.05, 4.69) is 10.3 Å². The summed E-state index contributed by atoms with van der Waals surface area (Å²) in [4.78, 5) is 15.6. The summed E-state index contributed by atoms with van der Waals surface area (Å²) < 4.78 is 18.4. The number of nitrogens with zero attached hydrogens (tertiary/aromatic N) is 1. The number of esters is 1. The van der Waals surface area contributed by atoms with Gasteiger partial charge in [-0.3, -0.25) is 0 Å². The van der Waals surface area contributed by atoms with Gasteiger partial charge in [0.15, 0.2) is 5.69 Å². The predicted octanol–water partition coefficient (Wildman–Crippen LogP) is 3.51. The monoisotopic (exact) mass is 280 g/mol. The van der Waals surface area contributed by atoms with Gasteiger partial charge in [0.05, 0.1) is 12.1 Å². The number of carbonyl (C=O) groups excluding carboxylic acids is 1. The van der Waals surface area contributed by atoms with Gasteiger partial charge >= 0.3 is 5.97 Å². The Labute approximate surface area is 114 Å². The summed E-state index contributed by atoms with van der Waals surface area (Å²) in [6, 6.07) is 4.74. The predicted molar refractivity (Wildman–Crippen MR) is 72.5 cm³/mol. The molecule has 6 heteroatoms.